The fourth-order valence-corrected chi connectivity index (χ4v) is 1.65. The second-order valence-electron chi connectivity index (χ2n) is 4.12. The zero-order valence-corrected chi connectivity index (χ0v) is 11.1. The molecule has 106 valence electrons. The van der Waals surface area contributed by atoms with Crippen LogP contribution in [0, 0.1) is 0 Å². The number of unbranched alkanes of at least 4 members (excludes halogenated alkanes) is 1. The number of ether oxygens (including phenoxy) is 2. The van der Waals surface area contributed by atoms with E-state index in [0.717, 1.165) is 6.29 Å². The first-order valence-corrected chi connectivity index (χ1v) is 6.04. The van der Waals surface area contributed by atoms with E-state index in [1.807, 2.05) is 0 Å². The molecule has 0 aliphatic carbocycles. The molecule has 1 unspecified atom stereocenters. The third-order valence-corrected chi connectivity index (χ3v) is 2.72. The standard InChI is InChI=1S/C13H19FN2O3/c1-9(16-14)10-7-12(18-2)13(8-11(10)15)19-6-4-3-5-17/h5,7-9,16H,3-4,6,15H2,1-2H3. The van der Waals surface area contributed by atoms with Gasteiger partial charge < -0.3 is 20.0 Å². The molecule has 0 aliphatic rings. The summed E-state index contributed by atoms with van der Waals surface area (Å²) in [5.74, 6) is 0.970. The predicted molar refractivity (Wildman–Crippen MR) is 70.9 cm³/mol. The molecule has 19 heavy (non-hydrogen) atoms. The number of benzene rings is 1. The summed E-state index contributed by atoms with van der Waals surface area (Å²) in [4.78, 5) is 10.2. The van der Waals surface area contributed by atoms with Gasteiger partial charge in [0.25, 0.3) is 0 Å². The average Bonchev–Trinajstić information content (AvgIpc) is 2.43. The van der Waals surface area contributed by atoms with Gasteiger partial charge in [0.2, 0.25) is 0 Å². The van der Waals surface area contributed by atoms with Crippen molar-refractivity contribution in [2.45, 2.75) is 25.8 Å². The van der Waals surface area contributed by atoms with Gasteiger partial charge in [-0.3, -0.25) is 0 Å². The monoisotopic (exact) mass is 270 g/mol. The molecule has 1 aromatic rings. The number of rotatable bonds is 8. The summed E-state index contributed by atoms with van der Waals surface area (Å²) in [7, 11) is 1.50. The van der Waals surface area contributed by atoms with Crippen molar-refractivity contribution < 1.29 is 18.7 Å². The Morgan fingerprint density at radius 3 is 2.79 bits per heavy atom. The molecule has 0 bridgehead atoms. The van der Waals surface area contributed by atoms with Crippen LogP contribution in [0.1, 0.15) is 31.4 Å². The number of carbonyl (C=O) groups is 1. The summed E-state index contributed by atoms with van der Waals surface area (Å²) < 4.78 is 23.2. The van der Waals surface area contributed by atoms with Crippen LogP contribution in [0.2, 0.25) is 0 Å². The topological polar surface area (TPSA) is 73.6 Å². The minimum Gasteiger partial charge on any atom is -0.493 e. The van der Waals surface area contributed by atoms with Crippen LogP contribution in [0.25, 0.3) is 0 Å². The number of nitrogens with two attached hydrogens (primary N) is 1. The number of hydrogen-bond acceptors (Lipinski definition) is 5. The molecular formula is C13H19FN2O3. The van der Waals surface area contributed by atoms with Gasteiger partial charge in [0.05, 0.1) is 19.8 Å². The number of nitrogen functional groups attached to an aromatic ring is 1. The van der Waals surface area contributed by atoms with Gasteiger partial charge in [-0.2, -0.15) is 5.54 Å². The first-order valence-electron chi connectivity index (χ1n) is 6.04. The fraction of sp³-hybridized carbons (Fsp3) is 0.462. The van der Waals surface area contributed by atoms with E-state index in [1.54, 1.807) is 24.6 Å². The lowest BCUT2D eigenvalue weighted by atomic mass is 10.1. The van der Waals surface area contributed by atoms with E-state index in [2.05, 4.69) is 0 Å². The van der Waals surface area contributed by atoms with E-state index in [0.29, 0.717) is 42.2 Å². The van der Waals surface area contributed by atoms with Gasteiger partial charge in [-0.25, -0.2) is 0 Å². The quantitative estimate of drug-likeness (QED) is 0.328. The van der Waals surface area contributed by atoms with Gasteiger partial charge in [-0.15, -0.1) is 4.48 Å². The van der Waals surface area contributed by atoms with Crippen LogP contribution in [-0.4, -0.2) is 20.0 Å². The Hall–Kier alpha value is -1.82. The van der Waals surface area contributed by atoms with E-state index < -0.39 is 6.04 Å². The first kappa shape index (κ1) is 15.2. The Morgan fingerprint density at radius 1 is 1.47 bits per heavy atom. The highest BCUT2D eigenvalue weighted by molar-refractivity contribution is 5.59. The number of halogens is 1. The third-order valence-electron chi connectivity index (χ3n) is 2.72. The SMILES string of the molecule is COc1cc(C(C)NF)c(N)cc1OCCCC=O. The van der Waals surface area contributed by atoms with Crippen molar-refractivity contribution in [3.05, 3.63) is 17.7 Å². The number of hydrogen-bond donors (Lipinski definition) is 2. The molecule has 6 heteroatoms. The van der Waals surface area contributed by atoms with Crippen molar-refractivity contribution in [1.29, 1.82) is 0 Å². The Kier molecular flexibility index (Phi) is 6.08. The number of nitrogens with one attached hydrogen (secondary N) is 1. The normalized spacial score (nSPS) is 11.9. The third kappa shape index (κ3) is 4.10. The van der Waals surface area contributed by atoms with E-state index in [1.165, 1.54) is 7.11 Å². The zero-order chi connectivity index (χ0) is 14.3. The van der Waals surface area contributed by atoms with Crippen molar-refractivity contribution in [3.8, 4) is 11.5 Å². The second kappa shape index (κ2) is 7.58. The lowest BCUT2D eigenvalue weighted by molar-refractivity contribution is -0.108. The number of methoxy groups -OCH3 is 1. The summed E-state index contributed by atoms with van der Waals surface area (Å²) in [5, 5.41) is 0. The van der Waals surface area contributed by atoms with Gasteiger partial charge in [0, 0.05) is 18.2 Å². The van der Waals surface area contributed by atoms with E-state index in [9.17, 15) is 9.28 Å². The highest BCUT2D eigenvalue weighted by Gasteiger charge is 2.14. The molecular weight excluding hydrogens is 251 g/mol. The lowest BCUT2D eigenvalue weighted by Crippen LogP contribution is -2.11. The second-order valence-corrected chi connectivity index (χ2v) is 4.12. The van der Waals surface area contributed by atoms with Gasteiger partial charge in [-0.1, -0.05) is 0 Å². The molecule has 0 heterocycles. The fourth-order valence-electron chi connectivity index (χ4n) is 1.65. The smallest absolute Gasteiger partial charge is 0.163 e. The van der Waals surface area contributed by atoms with Gasteiger partial charge >= 0.3 is 0 Å². The Labute approximate surface area is 111 Å². The van der Waals surface area contributed by atoms with E-state index >= 15 is 0 Å². The number of aldehydes is 1. The summed E-state index contributed by atoms with van der Waals surface area (Å²) in [5.41, 5.74) is 8.51. The van der Waals surface area contributed by atoms with Crippen molar-refractivity contribution >= 4 is 12.0 Å². The predicted octanol–water partition coefficient (Wildman–Crippen LogP) is 2.17. The minimum atomic E-state index is -0.530. The first-order chi connectivity index (χ1) is 9.13. The summed E-state index contributed by atoms with van der Waals surface area (Å²) in [6.45, 7) is 2.04. The summed E-state index contributed by atoms with van der Waals surface area (Å²) in [6, 6.07) is 2.71. The summed E-state index contributed by atoms with van der Waals surface area (Å²) >= 11 is 0. The lowest BCUT2D eigenvalue weighted by Gasteiger charge is -2.16. The largest absolute Gasteiger partial charge is 0.493 e. The Balaban J connectivity index is 2.87. The molecule has 0 saturated heterocycles. The number of anilines is 1. The maximum absolute atomic E-state index is 12.5. The zero-order valence-electron chi connectivity index (χ0n) is 11.1. The van der Waals surface area contributed by atoms with Crippen LogP contribution >= 0.6 is 0 Å². The van der Waals surface area contributed by atoms with Crippen molar-refractivity contribution in [1.82, 2.24) is 5.54 Å². The maximum Gasteiger partial charge on any atom is 0.163 e. The molecule has 0 aromatic heterocycles. The molecule has 3 N–H and O–H groups in total. The highest BCUT2D eigenvalue weighted by Crippen LogP contribution is 2.35. The van der Waals surface area contributed by atoms with Crippen LogP contribution in [0.3, 0.4) is 0 Å². The molecule has 0 spiro atoms. The minimum absolute atomic E-state index is 0.394. The van der Waals surface area contributed by atoms with Gasteiger partial charge in [0.1, 0.15) is 6.29 Å². The van der Waals surface area contributed by atoms with E-state index in [4.69, 9.17) is 15.2 Å². The van der Waals surface area contributed by atoms with Crippen molar-refractivity contribution in [2.75, 3.05) is 19.5 Å². The van der Waals surface area contributed by atoms with Crippen molar-refractivity contribution in [3.63, 3.8) is 0 Å². The van der Waals surface area contributed by atoms with Crippen LogP contribution in [0.5, 0.6) is 11.5 Å². The van der Waals surface area contributed by atoms with Gasteiger partial charge in [-0.05, 0) is 25.0 Å². The molecule has 1 atom stereocenters. The molecule has 1 aromatic carbocycles. The maximum atomic E-state index is 12.5. The number of carbonyl (C=O) groups excluding carboxylic acids is 1. The summed E-state index contributed by atoms with van der Waals surface area (Å²) in [6.07, 6.45) is 1.90. The Bertz CT molecular complexity index is 427. The Morgan fingerprint density at radius 2 is 2.21 bits per heavy atom. The molecule has 0 aliphatic heterocycles. The highest BCUT2D eigenvalue weighted by atomic mass is 19.2. The molecule has 0 amide bonds. The van der Waals surface area contributed by atoms with E-state index in [-0.39, 0.29) is 0 Å². The van der Waals surface area contributed by atoms with Crippen molar-refractivity contribution in [2.24, 2.45) is 0 Å². The molecule has 1 rings (SSSR count). The van der Waals surface area contributed by atoms with Crippen LogP contribution < -0.4 is 20.7 Å². The van der Waals surface area contributed by atoms with Crippen LogP contribution in [0.4, 0.5) is 10.2 Å². The molecule has 0 radical (unpaired) electrons. The van der Waals surface area contributed by atoms with Crippen LogP contribution in [0.15, 0.2) is 12.1 Å². The van der Waals surface area contributed by atoms with Crippen LogP contribution in [-0.2, 0) is 4.79 Å². The molecule has 0 saturated carbocycles. The molecule has 5 nitrogen and oxygen atoms in total. The average molecular weight is 270 g/mol. The molecule has 0 fully saturated rings. The van der Waals surface area contributed by atoms with Gasteiger partial charge in [0.15, 0.2) is 11.5 Å².